The van der Waals surface area contributed by atoms with Crippen LogP contribution in [0.1, 0.15) is 109 Å². The molecule has 0 saturated heterocycles. The summed E-state index contributed by atoms with van der Waals surface area (Å²) in [5.41, 5.74) is 0. The smallest absolute Gasteiger partial charge is 0.0431 e. The Kier molecular flexibility index (Phi) is 22.8. The van der Waals surface area contributed by atoms with Gasteiger partial charge in [-0.05, 0) is 38.8 Å². The van der Waals surface area contributed by atoms with Gasteiger partial charge in [-0.3, -0.25) is 0 Å². The molecule has 0 heterocycles. The van der Waals surface area contributed by atoms with Crippen LogP contribution >= 0.6 is 0 Å². The van der Waals surface area contributed by atoms with Crippen LogP contribution in [0.2, 0.25) is 0 Å². The van der Waals surface area contributed by atoms with E-state index in [1.165, 1.54) is 109 Å². The van der Waals surface area contributed by atoms with Crippen molar-refractivity contribution in [2.75, 3.05) is 26.3 Å². The Balaban J connectivity index is 2.93. The molecule has 0 unspecified atom stereocenters. The molecule has 0 rings (SSSR count). The Hall–Kier alpha value is -0.120. The van der Waals surface area contributed by atoms with Crippen molar-refractivity contribution in [3.8, 4) is 0 Å². The van der Waals surface area contributed by atoms with Gasteiger partial charge in [0.2, 0.25) is 0 Å². The van der Waals surface area contributed by atoms with Gasteiger partial charge in [-0.2, -0.15) is 0 Å². The van der Waals surface area contributed by atoms with Gasteiger partial charge in [-0.1, -0.05) is 83.5 Å². The molecule has 0 amide bonds. The lowest BCUT2D eigenvalue weighted by Gasteiger charge is -2.05. The third-order valence-electron chi connectivity index (χ3n) is 4.77. The first-order valence-corrected chi connectivity index (χ1v) is 10.8. The lowest BCUT2D eigenvalue weighted by molar-refractivity contribution is 0.282. The van der Waals surface area contributed by atoms with E-state index in [0.717, 1.165) is 12.8 Å². The zero-order valence-corrected chi connectivity index (χ0v) is 16.2. The van der Waals surface area contributed by atoms with Gasteiger partial charge >= 0.3 is 0 Å². The van der Waals surface area contributed by atoms with E-state index in [1.807, 2.05) is 0 Å². The molecule has 0 fully saturated rings. The molecule has 0 aromatic carbocycles. The average Bonchev–Trinajstić information content (AvgIpc) is 2.60. The van der Waals surface area contributed by atoms with Crippen LogP contribution in [0.5, 0.6) is 0 Å². The third-order valence-corrected chi connectivity index (χ3v) is 4.77. The molecule has 24 heavy (non-hydrogen) atoms. The molecule has 0 atom stereocenters. The number of unbranched alkanes of at least 4 members (excludes halogenated alkanes) is 15. The van der Waals surface area contributed by atoms with Crippen molar-refractivity contribution in [2.45, 2.75) is 109 Å². The SMILES string of the molecule is OCCCCCCCCCCCCNCCCCCCCCCO. The summed E-state index contributed by atoms with van der Waals surface area (Å²) in [6.07, 6.45) is 21.9. The molecule has 0 radical (unpaired) electrons. The molecule has 146 valence electrons. The van der Waals surface area contributed by atoms with Crippen LogP contribution in [0.15, 0.2) is 0 Å². The van der Waals surface area contributed by atoms with Gasteiger partial charge in [0.1, 0.15) is 0 Å². The van der Waals surface area contributed by atoms with Crippen LogP contribution in [0.25, 0.3) is 0 Å². The Morgan fingerprint density at radius 1 is 0.333 bits per heavy atom. The summed E-state index contributed by atoms with van der Waals surface area (Å²) in [5, 5.41) is 21.0. The summed E-state index contributed by atoms with van der Waals surface area (Å²) in [5.74, 6) is 0. The van der Waals surface area contributed by atoms with Crippen LogP contribution in [0, 0.1) is 0 Å². The molecule has 0 aliphatic rings. The van der Waals surface area contributed by atoms with Crippen molar-refractivity contribution in [1.82, 2.24) is 5.32 Å². The van der Waals surface area contributed by atoms with Crippen LogP contribution in [0.3, 0.4) is 0 Å². The first kappa shape index (κ1) is 23.9. The fourth-order valence-electron chi connectivity index (χ4n) is 3.15. The summed E-state index contributed by atoms with van der Waals surface area (Å²) < 4.78 is 0. The maximum absolute atomic E-state index is 8.71. The fourth-order valence-corrected chi connectivity index (χ4v) is 3.15. The monoisotopic (exact) mass is 343 g/mol. The van der Waals surface area contributed by atoms with Crippen LogP contribution < -0.4 is 5.32 Å². The number of aliphatic hydroxyl groups excluding tert-OH is 2. The Bertz CT molecular complexity index is 190. The van der Waals surface area contributed by atoms with E-state index in [2.05, 4.69) is 5.32 Å². The summed E-state index contributed by atoms with van der Waals surface area (Å²) in [7, 11) is 0. The lowest BCUT2D eigenvalue weighted by atomic mass is 10.1. The Morgan fingerprint density at radius 2 is 0.583 bits per heavy atom. The van der Waals surface area contributed by atoms with Crippen molar-refractivity contribution >= 4 is 0 Å². The van der Waals surface area contributed by atoms with Gasteiger partial charge < -0.3 is 15.5 Å². The van der Waals surface area contributed by atoms with E-state index in [1.54, 1.807) is 0 Å². The van der Waals surface area contributed by atoms with E-state index in [4.69, 9.17) is 10.2 Å². The van der Waals surface area contributed by atoms with E-state index < -0.39 is 0 Å². The highest BCUT2D eigenvalue weighted by molar-refractivity contribution is 4.52. The fraction of sp³-hybridized carbons (Fsp3) is 1.00. The minimum atomic E-state index is 0.356. The molecule has 3 N–H and O–H groups in total. The minimum Gasteiger partial charge on any atom is -0.396 e. The second kappa shape index (κ2) is 22.9. The van der Waals surface area contributed by atoms with Gasteiger partial charge in [0, 0.05) is 13.2 Å². The van der Waals surface area contributed by atoms with Gasteiger partial charge in [0.25, 0.3) is 0 Å². The molecular formula is C21H45NO2. The summed E-state index contributed by atoms with van der Waals surface area (Å²) >= 11 is 0. The summed E-state index contributed by atoms with van der Waals surface area (Å²) in [6, 6.07) is 0. The van der Waals surface area contributed by atoms with Crippen molar-refractivity contribution in [3.63, 3.8) is 0 Å². The molecule has 3 heteroatoms. The number of nitrogens with one attached hydrogen (secondary N) is 1. The molecule has 0 aromatic rings. The first-order chi connectivity index (χ1) is 11.9. The van der Waals surface area contributed by atoms with E-state index in [-0.39, 0.29) is 0 Å². The molecule has 3 nitrogen and oxygen atoms in total. The van der Waals surface area contributed by atoms with Crippen LogP contribution in [0.4, 0.5) is 0 Å². The van der Waals surface area contributed by atoms with Crippen LogP contribution in [-0.2, 0) is 0 Å². The average molecular weight is 344 g/mol. The molecule has 0 aliphatic carbocycles. The topological polar surface area (TPSA) is 52.5 Å². The summed E-state index contributed by atoms with van der Waals surface area (Å²) in [6.45, 7) is 3.09. The standard InChI is InChI=1S/C21H45NO2/c23-20-16-12-8-4-2-1-3-6-10-14-18-22-19-15-11-7-5-9-13-17-21-24/h22-24H,1-21H2. The van der Waals surface area contributed by atoms with E-state index in [9.17, 15) is 0 Å². The largest absolute Gasteiger partial charge is 0.396 e. The number of hydrogen-bond acceptors (Lipinski definition) is 3. The van der Waals surface area contributed by atoms with Crippen molar-refractivity contribution in [3.05, 3.63) is 0 Å². The van der Waals surface area contributed by atoms with E-state index >= 15 is 0 Å². The van der Waals surface area contributed by atoms with Crippen molar-refractivity contribution < 1.29 is 10.2 Å². The molecule has 0 spiro atoms. The second-order valence-electron chi connectivity index (χ2n) is 7.21. The van der Waals surface area contributed by atoms with Gasteiger partial charge in [-0.25, -0.2) is 0 Å². The van der Waals surface area contributed by atoms with Crippen molar-refractivity contribution in [1.29, 1.82) is 0 Å². The second-order valence-corrected chi connectivity index (χ2v) is 7.21. The maximum Gasteiger partial charge on any atom is 0.0431 e. The number of rotatable bonds is 21. The molecule has 0 aliphatic heterocycles. The number of hydrogen-bond donors (Lipinski definition) is 3. The highest BCUT2D eigenvalue weighted by Gasteiger charge is 1.94. The molecular weight excluding hydrogens is 298 g/mol. The van der Waals surface area contributed by atoms with E-state index in [0.29, 0.717) is 13.2 Å². The quantitative estimate of drug-likeness (QED) is 0.251. The predicted molar refractivity (Wildman–Crippen MR) is 106 cm³/mol. The third kappa shape index (κ3) is 21.9. The zero-order valence-electron chi connectivity index (χ0n) is 16.2. The molecule has 0 saturated carbocycles. The highest BCUT2D eigenvalue weighted by Crippen LogP contribution is 2.10. The Labute approximate surface area is 151 Å². The zero-order chi connectivity index (χ0) is 17.6. The van der Waals surface area contributed by atoms with Gasteiger partial charge in [0.05, 0.1) is 0 Å². The van der Waals surface area contributed by atoms with Crippen LogP contribution in [-0.4, -0.2) is 36.5 Å². The highest BCUT2D eigenvalue weighted by atomic mass is 16.3. The summed E-state index contributed by atoms with van der Waals surface area (Å²) in [4.78, 5) is 0. The maximum atomic E-state index is 8.71. The Morgan fingerprint density at radius 3 is 0.875 bits per heavy atom. The molecule has 0 aromatic heterocycles. The predicted octanol–water partition coefficient (Wildman–Crippen LogP) is 5.19. The van der Waals surface area contributed by atoms with Gasteiger partial charge in [-0.15, -0.1) is 0 Å². The van der Waals surface area contributed by atoms with Gasteiger partial charge in [0.15, 0.2) is 0 Å². The number of aliphatic hydroxyl groups is 2. The van der Waals surface area contributed by atoms with Crippen molar-refractivity contribution in [2.24, 2.45) is 0 Å². The molecule has 0 bridgehead atoms. The normalized spacial score (nSPS) is 11.2. The lowest BCUT2D eigenvalue weighted by Crippen LogP contribution is -2.16. The first-order valence-electron chi connectivity index (χ1n) is 10.8. The minimum absolute atomic E-state index is 0.356.